The maximum absolute atomic E-state index is 13.0. The number of rotatable bonds is 7. The number of benzene rings is 3. The summed E-state index contributed by atoms with van der Waals surface area (Å²) in [7, 11) is -2.53. The number of carboxylic acid groups (broad SMARTS) is 1. The number of hydrogen-bond acceptors (Lipinski definition) is 4. The predicted octanol–water partition coefficient (Wildman–Crippen LogP) is 4.30. The topological polar surface area (TPSA) is 92.7 Å². The van der Waals surface area contributed by atoms with E-state index in [0.717, 1.165) is 11.1 Å². The molecule has 0 bridgehead atoms. The number of halogens is 1. The fraction of sp³-hybridized carbons (Fsp3) is 0.174. The highest BCUT2D eigenvalue weighted by Gasteiger charge is 2.63. The molecule has 1 saturated carbocycles. The lowest BCUT2D eigenvalue weighted by Crippen LogP contribution is -2.44. The Balaban J connectivity index is 1.58. The van der Waals surface area contributed by atoms with Crippen LogP contribution in [0.3, 0.4) is 0 Å². The lowest BCUT2D eigenvalue weighted by molar-refractivity contribution is -0.140. The normalized spacial score (nSPS) is 20.3. The van der Waals surface area contributed by atoms with Crippen molar-refractivity contribution < 1.29 is 23.1 Å². The van der Waals surface area contributed by atoms with E-state index in [2.05, 4.69) is 4.72 Å². The van der Waals surface area contributed by atoms with Gasteiger partial charge in [0, 0.05) is 10.9 Å². The van der Waals surface area contributed by atoms with Crippen molar-refractivity contribution in [2.24, 2.45) is 0 Å². The summed E-state index contributed by atoms with van der Waals surface area (Å²) in [5.41, 5.74) is 0.843. The zero-order valence-corrected chi connectivity index (χ0v) is 18.2. The molecule has 1 aliphatic carbocycles. The number of nitrogens with one attached hydrogen (secondary N) is 1. The van der Waals surface area contributed by atoms with Crippen LogP contribution < -0.4 is 9.46 Å². The van der Waals surface area contributed by atoms with E-state index in [4.69, 9.17) is 16.3 Å². The molecule has 8 heteroatoms. The Bertz CT molecular complexity index is 1230. The molecule has 0 saturated heterocycles. The van der Waals surface area contributed by atoms with Crippen molar-refractivity contribution in [1.29, 1.82) is 0 Å². The Kier molecular flexibility index (Phi) is 5.51. The standard InChI is InChI=1S/C23H20ClNO5S/c1-30-19-4-2-3-17(13-19)21-14-23(21,22(26)27)25-31(28,29)20-11-7-16(8-12-20)15-5-9-18(24)10-6-15/h2-13,21,25H,14H2,1H3,(H,26,27). The van der Waals surface area contributed by atoms with E-state index >= 15 is 0 Å². The van der Waals surface area contributed by atoms with Crippen LogP contribution in [0.4, 0.5) is 0 Å². The predicted molar refractivity (Wildman–Crippen MR) is 118 cm³/mol. The van der Waals surface area contributed by atoms with Crippen molar-refractivity contribution in [3.05, 3.63) is 83.4 Å². The van der Waals surface area contributed by atoms with Crippen molar-refractivity contribution in [1.82, 2.24) is 4.72 Å². The van der Waals surface area contributed by atoms with Gasteiger partial charge in [0.2, 0.25) is 10.0 Å². The summed E-state index contributed by atoms with van der Waals surface area (Å²) >= 11 is 5.91. The minimum absolute atomic E-state index is 0.00197. The molecule has 1 aliphatic rings. The first-order chi connectivity index (χ1) is 14.7. The summed E-state index contributed by atoms with van der Waals surface area (Å²) < 4.78 is 33.6. The van der Waals surface area contributed by atoms with Crippen LogP contribution in [-0.2, 0) is 14.8 Å². The molecule has 2 unspecified atom stereocenters. The van der Waals surface area contributed by atoms with Gasteiger partial charge in [0.1, 0.15) is 11.3 Å². The van der Waals surface area contributed by atoms with Gasteiger partial charge in [-0.05, 0) is 59.5 Å². The third-order valence-corrected chi connectivity index (χ3v) is 7.28. The van der Waals surface area contributed by atoms with Crippen LogP contribution in [0.1, 0.15) is 17.9 Å². The Morgan fingerprint density at radius 2 is 1.68 bits per heavy atom. The molecule has 6 nitrogen and oxygen atoms in total. The van der Waals surface area contributed by atoms with E-state index in [1.165, 1.54) is 19.2 Å². The van der Waals surface area contributed by atoms with Crippen LogP contribution in [0.25, 0.3) is 11.1 Å². The van der Waals surface area contributed by atoms with E-state index in [9.17, 15) is 18.3 Å². The summed E-state index contributed by atoms with van der Waals surface area (Å²) in [6.45, 7) is 0. The number of aliphatic carboxylic acids is 1. The molecule has 2 N–H and O–H groups in total. The van der Waals surface area contributed by atoms with E-state index < -0.39 is 27.4 Å². The van der Waals surface area contributed by atoms with Gasteiger partial charge in [-0.1, -0.05) is 48.0 Å². The molecule has 3 aromatic rings. The molecule has 160 valence electrons. The third-order valence-electron chi connectivity index (χ3n) is 5.50. The van der Waals surface area contributed by atoms with Gasteiger partial charge in [0.15, 0.2) is 0 Å². The second kappa shape index (κ2) is 8.00. The van der Waals surface area contributed by atoms with E-state index in [-0.39, 0.29) is 11.3 Å². The van der Waals surface area contributed by atoms with Gasteiger partial charge >= 0.3 is 5.97 Å². The van der Waals surface area contributed by atoms with Crippen molar-refractivity contribution >= 4 is 27.6 Å². The SMILES string of the molecule is COc1cccc(C2CC2(NS(=O)(=O)c2ccc(-c3ccc(Cl)cc3)cc2)C(=O)O)c1. The molecule has 0 radical (unpaired) electrons. The summed E-state index contributed by atoms with van der Waals surface area (Å²) in [6, 6.07) is 20.5. The number of hydrogen-bond donors (Lipinski definition) is 2. The van der Waals surface area contributed by atoms with Crippen molar-refractivity contribution in [2.45, 2.75) is 22.8 Å². The van der Waals surface area contributed by atoms with E-state index in [1.54, 1.807) is 48.5 Å². The Morgan fingerprint density at radius 3 is 2.26 bits per heavy atom. The van der Waals surface area contributed by atoms with Crippen molar-refractivity contribution in [3.63, 3.8) is 0 Å². The molecule has 0 heterocycles. The average molecular weight is 458 g/mol. The van der Waals surface area contributed by atoms with Crippen LogP contribution in [0.2, 0.25) is 5.02 Å². The van der Waals surface area contributed by atoms with Crippen LogP contribution >= 0.6 is 11.6 Å². The zero-order valence-electron chi connectivity index (χ0n) is 16.6. The monoisotopic (exact) mass is 457 g/mol. The number of ether oxygens (including phenoxy) is 1. The fourth-order valence-corrected chi connectivity index (χ4v) is 5.21. The maximum atomic E-state index is 13.0. The highest BCUT2D eigenvalue weighted by atomic mass is 35.5. The van der Waals surface area contributed by atoms with Gasteiger partial charge in [0.25, 0.3) is 0 Å². The number of carboxylic acids is 1. The van der Waals surface area contributed by atoms with Crippen LogP contribution in [0, 0.1) is 0 Å². The summed E-state index contributed by atoms with van der Waals surface area (Å²) in [4.78, 5) is 12.0. The van der Waals surface area contributed by atoms with Gasteiger partial charge in [-0.25, -0.2) is 8.42 Å². The zero-order chi connectivity index (χ0) is 22.2. The molecule has 0 aromatic heterocycles. The fourth-order valence-electron chi connectivity index (χ4n) is 3.68. The van der Waals surface area contributed by atoms with Crippen LogP contribution in [0.5, 0.6) is 5.75 Å². The molecule has 3 aromatic carbocycles. The number of methoxy groups -OCH3 is 1. The van der Waals surface area contributed by atoms with Gasteiger partial charge < -0.3 is 9.84 Å². The molecular weight excluding hydrogens is 438 g/mol. The van der Waals surface area contributed by atoms with E-state index in [1.807, 2.05) is 12.1 Å². The quantitative estimate of drug-likeness (QED) is 0.551. The molecule has 4 rings (SSSR count). The van der Waals surface area contributed by atoms with E-state index in [0.29, 0.717) is 16.3 Å². The molecule has 0 aliphatic heterocycles. The minimum atomic E-state index is -4.05. The van der Waals surface area contributed by atoms with Crippen molar-refractivity contribution in [3.8, 4) is 16.9 Å². The maximum Gasteiger partial charge on any atom is 0.325 e. The first-order valence-electron chi connectivity index (χ1n) is 9.52. The van der Waals surface area contributed by atoms with Gasteiger partial charge in [0.05, 0.1) is 12.0 Å². The van der Waals surface area contributed by atoms with Gasteiger partial charge in [-0.3, -0.25) is 4.79 Å². The molecule has 0 spiro atoms. The second-order valence-electron chi connectivity index (χ2n) is 7.45. The molecule has 1 fully saturated rings. The first kappa shape index (κ1) is 21.4. The van der Waals surface area contributed by atoms with Crippen molar-refractivity contribution in [2.75, 3.05) is 7.11 Å². The lowest BCUT2D eigenvalue weighted by Gasteiger charge is -2.16. The molecular formula is C23H20ClNO5S. The Labute approximate surface area is 185 Å². The van der Waals surface area contributed by atoms with Gasteiger partial charge in [-0.2, -0.15) is 4.72 Å². The highest BCUT2D eigenvalue weighted by molar-refractivity contribution is 7.89. The third kappa shape index (κ3) is 4.17. The molecule has 2 atom stereocenters. The second-order valence-corrected chi connectivity index (χ2v) is 9.57. The largest absolute Gasteiger partial charge is 0.497 e. The summed E-state index contributed by atoms with van der Waals surface area (Å²) in [5.74, 6) is -1.10. The lowest BCUT2D eigenvalue weighted by atomic mass is 10.1. The number of carbonyl (C=O) groups is 1. The first-order valence-corrected chi connectivity index (χ1v) is 11.4. The summed E-state index contributed by atoms with van der Waals surface area (Å²) in [5, 5.41) is 10.4. The minimum Gasteiger partial charge on any atom is -0.497 e. The molecule has 31 heavy (non-hydrogen) atoms. The Hall–Kier alpha value is -2.87. The summed E-state index contributed by atoms with van der Waals surface area (Å²) in [6.07, 6.45) is 0.164. The average Bonchev–Trinajstić information content (AvgIpc) is 3.49. The smallest absolute Gasteiger partial charge is 0.325 e. The van der Waals surface area contributed by atoms with Gasteiger partial charge in [-0.15, -0.1) is 0 Å². The van der Waals surface area contributed by atoms with Crippen LogP contribution in [0.15, 0.2) is 77.7 Å². The van der Waals surface area contributed by atoms with Crippen LogP contribution in [-0.4, -0.2) is 32.1 Å². The molecule has 0 amide bonds. The number of sulfonamides is 1. The highest BCUT2D eigenvalue weighted by Crippen LogP contribution is 2.53. The Morgan fingerprint density at radius 1 is 1.06 bits per heavy atom.